The Labute approximate surface area is 216 Å². The van der Waals surface area contributed by atoms with Crippen LogP contribution in [0, 0.1) is 0 Å². The number of hydrazine groups is 2. The maximum Gasteiger partial charge on any atom is 0.319 e. The molecule has 0 aliphatic heterocycles. The number of anilines is 2. The highest BCUT2D eigenvalue weighted by molar-refractivity contribution is 5.69. The summed E-state index contributed by atoms with van der Waals surface area (Å²) in [5.74, 6) is -1.15. The molecule has 0 aromatic carbocycles. The molecule has 1 rings (SSSR count). The number of aliphatic carboxylic acids is 2. The Hall–Kier alpha value is -2.53. The molecule has 11 nitrogen and oxygen atoms in total. The van der Waals surface area contributed by atoms with E-state index in [9.17, 15) is 19.8 Å². The fourth-order valence-corrected chi connectivity index (χ4v) is 4.49. The summed E-state index contributed by atoms with van der Waals surface area (Å²) in [6.45, 7) is 8.08. The number of likely N-dealkylation sites (N-methyl/N-ethyl adjacent to an activating group) is 2. The van der Waals surface area contributed by atoms with Crippen molar-refractivity contribution in [1.29, 1.82) is 0 Å². The Balaban J connectivity index is 3.47. The number of hydrogen-bond donors (Lipinski definition) is 2. The van der Waals surface area contributed by atoms with Gasteiger partial charge in [-0.2, -0.15) is 15.0 Å². The van der Waals surface area contributed by atoms with Crippen molar-refractivity contribution in [3.05, 3.63) is 6.33 Å². The maximum atomic E-state index is 11.5. The number of unbranched alkanes of at least 4 members (excludes halogenated alkanes) is 4. The Bertz CT molecular complexity index is 723. The van der Waals surface area contributed by atoms with Crippen LogP contribution >= 0.6 is 0 Å². The largest absolute Gasteiger partial charge is 0.480 e. The number of carboxylic acids is 2. The molecule has 0 amide bonds. The molecule has 2 atom stereocenters. The first-order chi connectivity index (χ1) is 17.2. The number of nitrogens with zero attached hydrogens (tertiary/aromatic N) is 7. The molecule has 0 saturated carbocycles. The van der Waals surface area contributed by atoms with Gasteiger partial charge in [-0.1, -0.05) is 66.2 Å². The van der Waals surface area contributed by atoms with Crippen LogP contribution in [0.5, 0.6) is 0 Å². The predicted octanol–water partition coefficient (Wildman–Crippen LogP) is 4.07. The molecule has 206 valence electrons. The molecule has 2 unspecified atom stereocenters. The van der Waals surface area contributed by atoms with Crippen LogP contribution in [0.1, 0.15) is 91.9 Å². The standard InChI is InChI=1S/C25H47N7O4/c1-7-11-13-15-20(9-3)31(29(5)17-22(33)34)24-26-19-27-25(28-24)32(30(6)18-23(35)36)21(10-4)16-14-12-8-2/h19-21H,7-18H2,1-6H3,(H,33,34)(H,35,36). The third-order valence-electron chi connectivity index (χ3n) is 6.34. The zero-order chi connectivity index (χ0) is 27.1. The fourth-order valence-electron chi connectivity index (χ4n) is 4.49. The molecule has 1 aromatic rings. The van der Waals surface area contributed by atoms with Gasteiger partial charge in [0.15, 0.2) is 0 Å². The highest BCUT2D eigenvalue weighted by Gasteiger charge is 2.29. The molecule has 0 bridgehead atoms. The topological polar surface area (TPSA) is 126 Å². The van der Waals surface area contributed by atoms with Gasteiger partial charge in [0.1, 0.15) is 19.4 Å². The summed E-state index contributed by atoms with van der Waals surface area (Å²) < 4.78 is 0. The van der Waals surface area contributed by atoms with Crippen molar-refractivity contribution in [2.24, 2.45) is 0 Å². The molecule has 0 aliphatic rings. The van der Waals surface area contributed by atoms with Crippen LogP contribution in [0.15, 0.2) is 6.33 Å². The number of carbonyl (C=O) groups is 2. The monoisotopic (exact) mass is 509 g/mol. The second kappa shape index (κ2) is 17.0. The van der Waals surface area contributed by atoms with E-state index in [0.717, 1.165) is 64.2 Å². The second-order valence-corrected chi connectivity index (χ2v) is 9.31. The van der Waals surface area contributed by atoms with Gasteiger partial charge in [-0.3, -0.25) is 19.6 Å². The van der Waals surface area contributed by atoms with Crippen molar-refractivity contribution in [3.8, 4) is 0 Å². The highest BCUT2D eigenvalue weighted by Crippen LogP contribution is 2.25. The molecule has 0 radical (unpaired) electrons. The first-order valence-corrected chi connectivity index (χ1v) is 13.3. The van der Waals surface area contributed by atoms with Crippen LogP contribution in [0.2, 0.25) is 0 Å². The summed E-state index contributed by atoms with van der Waals surface area (Å²) >= 11 is 0. The van der Waals surface area contributed by atoms with Crippen LogP contribution in [-0.2, 0) is 9.59 Å². The van der Waals surface area contributed by atoms with Crippen LogP contribution in [0.3, 0.4) is 0 Å². The van der Waals surface area contributed by atoms with Gasteiger partial charge in [-0.05, 0) is 25.7 Å². The van der Waals surface area contributed by atoms with Crippen molar-refractivity contribution in [1.82, 2.24) is 25.0 Å². The van der Waals surface area contributed by atoms with Gasteiger partial charge in [0, 0.05) is 26.2 Å². The number of rotatable bonds is 20. The average molecular weight is 510 g/mol. The van der Waals surface area contributed by atoms with Gasteiger partial charge < -0.3 is 10.2 Å². The van der Waals surface area contributed by atoms with Crippen LogP contribution < -0.4 is 10.0 Å². The van der Waals surface area contributed by atoms with E-state index in [1.165, 1.54) is 6.33 Å². The lowest BCUT2D eigenvalue weighted by Gasteiger charge is -2.39. The third kappa shape index (κ3) is 10.2. The van der Waals surface area contributed by atoms with Gasteiger partial charge >= 0.3 is 11.9 Å². The molecular formula is C25H47N7O4. The highest BCUT2D eigenvalue weighted by atomic mass is 16.4. The van der Waals surface area contributed by atoms with Crippen LogP contribution in [0.4, 0.5) is 11.9 Å². The predicted molar refractivity (Wildman–Crippen MR) is 142 cm³/mol. The van der Waals surface area contributed by atoms with Gasteiger partial charge in [0.2, 0.25) is 11.9 Å². The Morgan fingerprint density at radius 3 is 1.44 bits per heavy atom. The first kappa shape index (κ1) is 31.5. The van der Waals surface area contributed by atoms with Gasteiger partial charge in [-0.15, -0.1) is 0 Å². The van der Waals surface area contributed by atoms with Gasteiger partial charge in [0.25, 0.3) is 0 Å². The average Bonchev–Trinajstić information content (AvgIpc) is 2.82. The van der Waals surface area contributed by atoms with E-state index in [0.29, 0.717) is 11.9 Å². The van der Waals surface area contributed by atoms with Crippen molar-refractivity contribution >= 4 is 23.8 Å². The minimum Gasteiger partial charge on any atom is -0.480 e. The molecule has 0 spiro atoms. The first-order valence-electron chi connectivity index (χ1n) is 13.3. The van der Waals surface area contributed by atoms with E-state index >= 15 is 0 Å². The summed E-state index contributed by atoms with van der Waals surface area (Å²) in [6.07, 6.45) is 11.2. The molecule has 36 heavy (non-hydrogen) atoms. The quantitative estimate of drug-likeness (QED) is 0.195. The minimum absolute atomic E-state index is 0.0212. The molecule has 0 fully saturated rings. The Kier molecular flexibility index (Phi) is 14.9. The summed E-state index contributed by atoms with van der Waals surface area (Å²) in [7, 11) is 3.46. The van der Waals surface area contributed by atoms with E-state index in [-0.39, 0.29) is 25.2 Å². The molecule has 0 saturated heterocycles. The number of carboxylic acid groups (broad SMARTS) is 2. The van der Waals surface area contributed by atoms with E-state index in [2.05, 4.69) is 37.7 Å². The number of aromatic nitrogens is 3. The Morgan fingerprint density at radius 1 is 0.750 bits per heavy atom. The fraction of sp³-hybridized carbons (Fsp3) is 0.800. The summed E-state index contributed by atoms with van der Waals surface area (Å²) in [6, 6.07) is 0.0424. The molecule has 1 aromatic heterocycles. The zero-order valence-corrected chi connectivity index (χ0v) is 23.1. The smallest absolute Gasteiger partial charge is 0.319 e. The number of hydrogen-bond acceptors (Lipinski definition) is 9. The summed E-state index contributed by atoms with van der Waals surface area (Å²) in [4.78, 5) is 36.7. The third-order valence-corrected chi connectivity index (χ3v) is 6.34. The SMILES string of the molecule is CCCCCC(CC)N(c1ncnc(N(C(CC)CCCCC)N(C)CC(=O)O)n1)N(C)CC(=O)O. The minimum atomic E-state index is -0.940. The van der Waals surface area contributed by atoms with Crippen molar-refractivity contribution in [3.63, 3.8) is 0 Å². The molecule has 0 aliphatic carbocycles. The molecule has 1 heterocycles. The van der Waals surface area contributed by atoms with E-state index in [1.54, 1.807) is 24.1 Å². The van der Waals surface area contributed by atoms with Gasteiger partial charge in [-0.25, -0.2) is 10.0 Å². The van der Waals surface area contributed by atoms with Crippen molar-refractivity contribution in [2.45, 2.75) is 104 Å². The van der Waals surface area contributed by atoms with E-state index < -0.39 is 11.9 Å². The van der Waals surface area contributed by atoms with Crippen molar-refractivity contribution in [2.75, 3.05) is 37.2 Å². The lowest BCUT2D eigenvalue weighted by Crippen LogP contribution is -2.51. The normalized spacial score (nSPS) is 13.1. The zero-order valence-electron chi connectivity index (χ0n) is 23.1. The van der Waals surface area contributed by atoms with Gasteiger partial charge in [0.05, 0.1) is 0 Å². The maximum absolute atomic E-state index is 11.5. The molecular weight excluding hydrogens is 462 g/mol. The Morgan fingerprint density at radius 2 is 1.14 bits per heavy atom. The lowest BCUT2D eigenvalue weighted by atomic mass is 10.1. The lowest BCUT2D eigenvalue weighted by molar-refractivity contribution is -0.139. The second-order valence-electron chi connectivity index (χ2n) is 9.31. The molecule has 11 heteroatoms. The van der Waals surface area contributed by atoms with Crippen LogP contribution in [0.25, 0.3) is 0 Å². The molecule has 2 N–H and O–H groups in total. The van der Waals surface area contributed by atoms with Crippen LogP contribution in [-0.4, -0.2) is 86.4 Å². The summed E-state index contributed by atoms with van der Waals surface area (Å²) in [5, 5.41) is 25.9. The van der Waals surface area contributed by atoms with E-state index in [4.69, 9.17) is 4.98 Å². The summed E-state index contributed by atoms with van der Waals surface area (Å²) in [5.41, 5.74) is 0. The van der Waals surface area contributed by atoms with Crippen molar-refractivity contribution < 1.29 is 19.8 Å². The van der Waals surface area contributed by atoms with E-state index in [1.807, 2.05) is 10.0 Å².